The molecule has 0 atom stereocenters. The molecule has 1 amide bonds. The van der Waals surface area contributed by atoms with Crippen LogP contribution in [0, 0.1) is 0 Å². The van der Waals surface area contributed by atoms with Crippen molar-refractivity contribution in [2.24, 2.45) is 0 Å². The lowest BCUT2D eigenvalue weighted by Crippen LogP contribution is -2.21. The molecule has 0 heterocycles. The number of carbonyl (C=O) groups excluding carboxylic acids is 1. The first-order valence-corrected chi connectivity index (χ1v) is 6.26. The van der Waals surface area contributed by atoms with Gasteiger partial charge in [-0.3, -0.25) is 4.79 Å². The Hall–Kier alpha value is -0.580. The van der Waals surface area contributed by atoms with Gasteiger partial charge in [0, 0.05) is 23.1 Å². The van der Waals surface area contributed by atoms with Crippen LogP contribution in [0.2, 0.25) is 5.02 Å². The fourth-order valence-electron chi connectivity index (χ4n) is 1.18. The van der Waals surface area contributed by atoms with Gasteiger partial charge in [-0.25, -0.2) is 0 Å². The smallest absolute Gasteiger partial charge is 0.225 e. The lowest BCUT2D eigenvalue weighted by molar-refractivity contribution is -0.116. The predicted octanol–water partition coefficient (Wildman–Crippen LogP) is 3.04. The quantitative estimate of drug-likeness (QED) is 0.821. The van der Waals surface area contributed by atoms with Crippen LogP contribution in [-0.2, 0) is 4.79 Å². The molecule has 0 unspecified atom stereocenters. The summed E-state index contributed by atoms with van der Waals surface area (Å²) in [6.45, 7) is 3.57. The summed E-state index contributed by atoms with van der Waals surface area (Å²) in [5, 5.41) is 6.46. The van der Waals surface area contributed by atoms with Crippen LogP contribution in [0.15, 0.2) is 22.7 Å². The maximum atomic E-state index is 11.5. The largest absolute Gasteiger partial charge is 0.326 e. The molecule has 0 bridgehead atoms. The Bertz CT molecular complexity index is 371. The first-order chi connectivity index (χ1) is 7.63. The molecule has 0 aromatic heterocycles. The summed E-state index contributed by atoms with van der Waals surface area (Å²) in [5.41, 5.74) is 0.717. The fraction of sp³-hybridized carbons (Fsp3) is 0.364. The highest BCUT2D eigenvalue weighted by atomic mass is 79.9. The summed E-state index contributed by atoms with van der Waals surface area (Å²) in [6.07, 6.45) is 0.460. The highest BCUT2D eigenvalue weighted by molar-refractivity contribution is 9.10. The molecule has 0 spiro atoms. The van der Waals surface area contributed by atoms with Crippen LogP contribution in [0.3, 0.4) is 0 Å². The number of nitrogens with one attached hydrogen (secondary N) is 2. The number of carbonyl (C=O) groups is 1. The van der Waals surface area contributed by atoms with Crippen LogP contribution in [0.25, 0.3) is 0 Å². The zero-order valence-electron chi connectivity index (χ0n) is 9.02. The van der Waals surface area contributed by atoms with Crippen molar-refractivity contribution in [1.82, 2.24) is 5.32 Å². The minimum Gasteiger partial charge on any atom is -0.326 e. The first kappa shape index (κ1) is 13.5. The van der Waals surface area contributed by atoms with E-state index in [0.717, 1.165) is 16.7 Å². The van der Waals surface area contributed by atoms with Crippen molar-refractivity contribution in [2.75, 3.05) is 18.4 Å². The molecular formula is C11H14BrClN2O. The number of hydrogen-bond donors (Lipinski definition) is 2. The van der Waals surface area contributed by atoms with Gasteiger partial charge in [-0.05, 0) is 40.7 Å². The molecule has 1 aromatic carbocycles. The van der Waals surface area contributed by atoms with E-state index in [9.17, 15) is 4.79 Å². The van der Waals surface area contributed by atoms with Gasteiger partial charge in [-0.2, -0.15) is 0 Å². The molecule has 1 aromatic rings. The molecule has 0 fully saturated rings. The van der Waals surface area contributed by atoms with Gasteiger partial charge in [0.15, 0.2) is 0 Å². The zero-order valence-corrected chi connectivity index (χ0v) is 11.4. The van der Waals surface area contributed by atoms with Crippen molar-refractivity contribution < 1.29 is 4.79 Å². The van der Waals surface area contributed by atoms with E-state index >= 15 is 0 Å². The van der Waals surface area contributed by atoms with Crippen LogP contribution in [0.1, 0.15) is 13.3 Å². The molecule has 0 saturated heterocycles. The maximum absolute atomic E-state index is 11.5. The van der Waals surface area contributed by atoms with Crippen LogP contribution in [-0.4, -0.2) is 19.0 Å². The number of amides is 1. The molecule has 2 N–H and O–H groups in total. The Kier molecular flexibility index (Phi) is 5.80. The third-order valence-corrected chi connectivity index (χ3v) is 3.21. The summed E-state index contributed by atoms with van der Waals surface area (Å²) >= 11 is 9.21. The maximum Gasteiger partial charge on any atom is 0.225 e. The second-order valence-electron chi connectivity index (χ2n) is 3.28. The van der Waals surface area contributed by atoms with Gasteiger partial charge in [-0.15, -0.1) is 0 Å². The Morgan fingerprint density at radius 2 is 2.25 bits per heavy atom. The molecule has 88 valence electrons. The standard InChI is InChI=1S/C11H14BrClN2O/c1-2-14-6-5-11(16)15-8-3-4-9(12)10(13)7-8/h3-4,7,14H,2,5-6H2,1H3,(H,15,16). The number of anilines is 1. The molecule has 0 aliphatic heterocycles. The molecule has 0 saturated carbocycles. The SMILES string of the molecule is CCNCCC(=O)Nc1ccc(Br)c(Cl)c1. The van der Waals surface area contributed by atoms with Gasteiger partial charge in [-0.1, -0.05) is 18.5 Å². The van der Waals surface area contributed by atoms with E-state index in [4.69, 9.17) is 11.6 Å². The third kappa shape index (κ3) is 4.51. The van der Waals surface area contributed by atoms with Crippen LogP contribution < -0.4 is 10.6 Å². The van der Waals surface area contributed by atoms with Gasteiger partial charge in [0.05, 0.1) is 5.02 Å². The average molecular weight is 306 g/mol. The summed E-state index contributed by atoms with van der Waals surface area (Å²) < 4.78 is 0.819. The molecule has 16 heavy (non-hydrogen) atoms. The summed E-state index contributed by atoms with van der Waals surface area (Å²) in [7, 11) is 0. The molecule has 0 radical (unpaired) electrons. The normalized spacial score (nSPS) is 10.2. The van der Waals surface area contributed by atoms with Crippen molar-refractivity contribution in [2.45, 2.75) is 13.3 Å². The molecule has 5 heteroatoms. The Morgan fingerprint density at radius 3 is 2.88 bits per heavy atom. The minimum atomic E-state index is -0.0145. The molecule has 0 aliphatic carbocycles. The molecule has 3 nitrogen and oxygen atoms in total. The Morgan fingerprint density at radius 1 is 1.50 bits per heavy atom. The fourth-order valence-corrected chi connectivity index (χ4v) is 1.60. The Balaban J connectivity index is 2.46. The lowest BCUT2D eigenvalue weighted by Gasteiger charge is -2.06. The minimum absolute atomic E-state index is 0.0145. The van der Waals surface area contributed by atoms with E-state index in [0.29, 0.717) is 18.0 Å². The van der Waals surface area contributed by atoms with E-state index in [1.807, 2.05) is 13.0 Å². The van der Waals surface area contributed by atoms with Gasteiger partial charge in [0.25, 0.3) is 0 Å². The van der Waals surface area contributed by atoms with Gasteiger partial charge in [0.2, 0.25) is 5.91 Å². The Labute approximate surface area is 109 Å². The summed E-state index contributed by atoms with van der Waals surface area (Å²) in [6, 6.07) is 5.33. The van der Waals surface area contributed by atoms with Gasteiger partial charge < -0.3 is 10.6 Å². The topological polar surface area (TPSA) is 41.1 Å². The highest BCUT2D eigenvalue weighted by Crippen LogP contribution is 2.25. The first-order valence-electron chi connectivity index (χ1n) is 5.09. The van der Waals surface area contributed by atoms with Crippen molar-refractivity contribution >= 4 is 39.1 Å². The zero-order chi connectivity index (χ0) is 12.0. The second kappa shape index (κ2) is 6.89. The summed E-state index contributed by atoms with van der Waals surface area (Å²) in [4.78, 5) is 11.5. The van der Waals surface area contributed by atoms with Crippen molar-refractivity contribution in [3.05, 3.63) is 27.7 Å². The molecule has 1 rings (SSSR count). The van der Waals surface area contributed by atoms with Gasteiger partial charge in [0.1, 0.15) is 0 Å². The van der Waals surface area contributed by atoms with E-state index < -0.39 is 0 Å². The number of hydrogen-bond acceptors (Lipinski definition) is 2. The van der Waals surface area contributed by atoms with E-state index in [1.165, 1.54) is 0 Å². The van der Waals surface area contributed by atoms with Crippen LogP contribution in [0.5, 0.6) is 0 Å². The predicted molar refractivity (Wildman–Crippen MR) is 70.9 cm³/mol. The number of rotatable bonds is 5. The van der Waals surface area contributed by atoms with Crippen molar-refractivity contribution in [1.29, 1.82) is 0 Å². The number of benzene rings is 1. The number of halogens is 2. The second-order valence-corrected chi connectivity index (χ2v) is 4.54. The van der Waals surface area contributed by atoms with Gasteiger partial charge >= 0.3 is 0 Å². The molecule has 0 aliphatic rings. The van der Waals surface area contributed by atoms with Crippen LogP contribution in [0.4, 0.5) is 5.69 Å². The average Bonchev–Trinajstić information content (AvgIpc) is 2.24. The van der Waals surface area contributed by atoms with E-state index in [1.54, 1.807) is 12.1 Å². The van der Waals surface area contributed by atoms with E-state index in [-0.39, 0.29) is 5.91 Å². The monoisotopic (exact) mass is 304 g/mol. The van der Waals surface area contributed by atoms with Crippen molar-refractivity contribution in [3.8, 4) is 0 Å². The van der Waals surface area contributed by atoms with Crippen molar-refractivity contribution in [3.63, 3.8) is 0 Å². The van der Waals surface area contributed by atoms with Crippen LogP contribution >= 0.6 is 27.5 Å². The third-order valence-electron chi connectivity index (χ3n) is 1.98. The lowest BCUT2D eigenvalue weighted by atomic mass is 10.3. The molecular weight excluding hydrogens is 291 g/mol. The van der Waals surface area contributed by atoms with E-state index in [2.05, 4.69) is 26.6 Å². The summed E-state index contributed by atoms with van der Waals surface area (Å²) in [5.74, 6) is -0.0145. The highest BCUT2D eigenvalue weighted by Gasteiger charge is 2.03.